The van der Waals surface area contributed by atoms with Crippen LogP contribution in [-0.2, 0) is 6.42 Å². The minimum Gasteiger partial charge on any atom is -0.455 e. The Labute approximate surface area is 208 Å². The van der Waals surface area contributed by atoms with Crippen LogP contribution >= 0.6 is 0 Å². The van der Waals surface area contributed by atoms with Crippen molar-refractivity contribution in [2.75, 3.05) is 0 Å². The molecule has 5 aromatic rings. The van der Waals surface area contributed by atoms with Gasteiger partial charge in [0.25, 0.3) is 0 Å². The third-order valence-electron chi connectivity index (χ3n) is 7.89. The first kappa shape index (κ1) is 22.1. The first-order chi connectivity index (χ1) is 17.0. The third kappa shape index (κ3) is 3.95. The molecule has 0 saturated heterocycles. The van der Waals surface area contributed by atoms with Crippen LogP contribution in [0.25, 0.3) is 44.3 Å². The summed E-state index contributed by atoms with van der Waals surface area (Å²) in [6.07, 6.45) is 8.60. The molecule has 2 heterocycles. The number of aryl methyl sites for hydroxylation is 4. The lowest BCUT2D eigenvalue weighted by Gasteiger charge is -2.11. The van der Waals surface area contributed by atoms with E-state index in [0.29, 0.717) is 0 Å². The molecule has 6 rings (SSSR count). The fraction of sp³-hybridized carbons (Fsp3) is 0.303. The Morgan fingerprint density at radius 2 is 1.60 bits per heavy atom. The summed E-state index contributed by atoms with van der Waals surface area (Å²) in [4.78, 5) is 4.77. The minimum atomic E-state index is 0.821. The normalized spacial score (nSPS) is 14.4. The zero-order valence-corrected chi connectivity index (χ0v) is 21.2. The summed E-state index contributed by atoms with van der Waals surface area (Å²) in [7, 11) is 0. The van der Waals surface area contributed by atoms with E-state index in [1.165, 1.54) is 75.4 Å². The van der Waals surface area contributed by atoms with Crippen molar-refractivity contribution in [1.82, 2.24) is 4.98 Å². The number of aromatic nitrogens is 1. The zero-order valence-electron chi connectivity index (χ0n) is 21.2. The van der Waals surface area contributed by atoms with Crippen LogP contribution in [-0.4, -0.2) is 4.98 Å². The fourth-order valence-electron chi connectivity index (χ4n) is 6.33. The van der Waals surface area contributed by atoms with Crippen LogP contribution in [0, 0.1) is 33.6 Å². The quantitative estimate of drug-likeness (QED) is 0.268. The summed E-state index contributed by atoms with van der Waals surface area (Å²) in [5.74, 6) is 0.821. The van der Waals surface area contributed by atoms with Crippen LogP contribution in [0.1, 0.15) is 53.5 Å². The van der Waals surface area contributed by atoms with Crippen molar-refractivity contribution in [1.29, 1.82) is 0 Å². The zero-order chi connectivity index (χ0) is 24.1. The van der Waals surface area contributed by atoms with Crippen molar-refractivity contribution >= 4 is 21.9 Å². The Balaban J connectivity index is 1.48. The largest absolute Gasteiger partial charge is 0.455 e. The van der Waals surface area contributed by atoms with E-state index >= 15 is 0 Å². The van der Waals surface area contributed by atoms with Crippen molar-refractivity contribution in [3.63, 3.8) is 0 Å². The summed E-state index contributed by atoms with van der Waals surface area (Å²) in [6.45, 7) is 8.73. The van der Waals surface area contributed by atoms with Crippen LogP contribution < -0.4 is 0 Å². The van der Waals surface area contributed by atoms with Gasteiger partial charge in [0.1, 0.15) is 11.2 Å². The van der Waals surface area contributed by atoms with E-state index in [2.05, 4.69) is 82.3 Å². The molecule has 0 N–H and O–H groups in total. The molecule has 0 radical (unpaired) electrons. The Bertz CT molecular complexity index is 1540. The van der Waals surface area contributed by atoms with E-state index in [1.807, 2.05) is 6.20 Å². The lowest BCUT2D eigenvalue weighted by molar-refractivity contribution is 0.546. The van der Waals surface area contributed by atoms with E-state index in [-0.39, 0.29) is 0 Å². The molecule has 176 valence electrons. The number of fused-ring (bicyclic) bond motifs is 3. The maximum atomic E-state index is 6.62. The lowest BCUT2D eigenvalue weighted by atomic mass is 9.93. The van der Waals surface area contributed by atoms with Gasteiger partial charge in [-0.05, 0) is 104 Å². The van der Waals surface area contributed by atoms with E-state index in [9.17, 15) is 0 Å². The first-order valence-corrected chi connectivity index (χ1v) is 13.0. The lowest BCUT2D eigenvalue weighted by Crippen LogP contribution is -1.99. The van der Waals surface area contributed by atoms with Gasteiger partial charge in [0, 0.05) is 22.5 Å². The van der Waals surface area contributed by atoms with Crippen molar-refractivity contribution in [2.24, 2.45) is 5.92 Å². The Morgan fingerprint density at radius 1 is 0.829 bits per heavy atom. The average Bonchev–Trinajstić information content (AvgIpc) is 3.46. The summed E-state index contributed by atoms with van der Waals surface area (Å²) < 4.78 is 6.62. The van der Waals surface area contributed by atoms with E-state index in [0.717, 1.165) is 34.8 Å². The van der Waals surface area contributed by atoms with Crippen molar-refractivity contribution in [3.8, 4) is 22.4 Å². The SMILES string of the molecule is Cc1cc(C)c(-c2ccc3c(c2)oc2c(-c4cc(CC5CCCC5)ccn4)ccc(C)c23)c(C)c1. The second kappa shape index (κ2) is 8.68. The summed E-state index contributed by atoms with van der Waals surface area (Å²) in [5, 5.41) is 2.37. The summed E-state index contributed by atoms with van der Waals surface area (Å²) >= 11 is 0. The van der Waals surface area contributed by atoms with E-state index in [1.54, 1.807) is 0 Å². The van der Waals surface area contributed by atoms with Gasteiger partial charge >= 0.3 is 0 Å². The van der Waals surface area contributed by atoms with Gasteiger partial charge in [-0.25, -0.2) is 0 Å². The predicted octanol–water partition coefficient (Wildman–Crippen LogP) is 9.28. The van der Waals surface area contributed by atoms with Gasteiger partial charge in [0.05, 0.1) is 5.69 Å². The molecule has 2 aromatic heterocycles. The molecule has 0 unspecified atom stereocenters. The summed E-state index contributed by atoms with van der Waals surface area (Å²) in [6, 6.07) is 20.1. The smallest absolute Gasteiger partial charge is 0.145 e. The molecule has 1 aliphatic rings. The highest BCUT2D eigenvalue weighted by Gasteiger charge is 2.19. The third-order valence-corrected chi connectivity index (χ3v) is 7.89. The fourth-order valence-corrected chi connectivity index (χ4v) is 6.33. The number of benzene rings is 3. The Hall–Kier alpha value is -3.39. The molecule has 35 heavy (non-hydrogen) atoms. The molecule has 1 fully saturated rings. The van der Waals surface area contributed by atoms with Crippen LogP contribution in [0.2, 0.25) is 0 Å². The molecule has 0 bridgehead atoms. The molecule has 2 heteroatoms. The highest BCUT2D eigenvalue weighted by molar-refractivity contribution is 6.11. The van der Waals surface area contributed by atoms with Crippen molar-refractivity contribution in [2.45, 2.75) is 59.8 Å². The van der Waals surface area contributed by atoms with Crippen LogP contribution in [0.5, 0.6) is 0 Å². The number of hydrogen-bond donors (Lipinski definition) is 0. The second-order valence-corrected chi connectivity index (χ2v) is 10.6. The number of hydrogen-bond acceptors (Lipinski definition) is 2. The molecular weight excluding hydrogens is 426 g/mol. The minimum absolute atomic E-state index is 0.821. The van der Waals surface area contributed by atoms with Gasteiger partial charge in [-0.3, -0.25) is 4.98 Å². The maximum absolute atomic E-state index is 6.62. The first-order valence-electron chi connectivity index (χ1n) is 13.0. The molecule has 0 amide bonds. The van der Waals surface area contributed by atoms with Crippen LogP contribution in [0.15, 0.2) is 65.2 Å². The Kier molecular flexibility index (Phi) is 5.48. The second-order valence-electron chi connectivity index (χ2n) is 10.6. The summed E-state index contributed by atoms with van der Waals surface area (Å²) in [5.41, 5.74) is 13.0. The van der Waals surface area contributed by atoms with Gasteiger partial charge in [-0.2, -0.15) is 0 Å². The predicted molar refractivity (Wildman–Crippen MR) is 147 cm³/mol. The van der Waals surface area contributed by atoms with E-state index < -0.39 is 0 Å². The van der Waals surface area contributed by atoms with Crippen LogP contribution in [0.3, 0.4) is 0 Å². The van der Waals surface area contributed by atoms with Gasteiger partial charge < -0.3 is 4.42 Å². The average molecular weight is 460 g/mol. The Morgan fingerprint density at radius 3 is 2.37 bits per heavy atom. The van der Waals surface area contributed by atoms with E-state index in [4.69, 9.17) is 9.40 Å². The molecule has 1 saturated carbocycles. The van der Waals surface area contributed by atoms with Gasteiger partial charge in [0.15, 0.2) is 0 Å². The maximum Gasteiger partial charge on any atom is 0.145 e. The van der Waals surface area contributed by atoms with Crippen molar-refractivity contribution in [3.05, 3.63) is 88.6 Å². The molecule has 0 atom stereocenters. The van der Waals surface area contributed by atoms with Gasteiger partial charge in [-0.1, -0.05) is 55.5 Å². The monoisotopic (exact) mass is 459 g/mol. The number of rotatable bonds is 4. The van der Waals surface area contributed by atoms with Crippen molar-refractivity contribution < 1.29 is 4.42 Å². The molecule has 0 spiro atoms. The standard InChI is InChI=1S/C33H33NO/c1-20-15-22(3)31(23(4)16-20)26-10-12-28-30(19-26)35-33-27(11-9-21(2)32(28)33)29-18-25(13-14-34-29)17-24-7-5-6-8-24/h9-16,18-19,24H,5-8,17H2,1-4H3. The molecule has 0 aliphatic heterocycles. The molecule has 1 aliphatic carbocycles. The number of nitrogens with zero attached hydrogens (tertiary/aromatic N) is 1. The van der Waals surface area contributed by atoms with Gasteiger partial charge in [-0.15, -0.1) is 0 Å². The number of furan rings is 1. The number of pyridine rings is 1. The molecule has 2 nitrogen and oxygen atoms in total. The topological polar surface area (TPSA) is 26.0 Å². The highest BCUT2D eigenvalue weighted by atomic mass is 16.3. The highest BCUT2D eigenvalue weighted by Crippen LogP contribution is 2.40. The van der Waals surface area contributed by atoms with Gasteiger partial charge in [0.2, 0.25) is 0 Å². The molecular formula is C33H33NO. The molecule has 3 aromatic carbocycles. The van der Waals surface area contributed by atoms with Crippen LogP contribution in [0.4, 0.5) is 0 Å².